The molecule has 20 heavy (non-hydrogen) atoms. The number of terminal acetylenes is 1. The van der Waals surface area contributed by atoms with Gasteiger partial charge in [0.1, 0.15) is 0 Å². The number of carbonyl (C=O) groups is 1. The highest BCUT2D eigenvalue weighted by Gasteiger charge is 2.08. The lowest BCUT2D eigenvalue weighted by Crippen LogP contribution is -2.16. The molecule has 5 heteroatoms. The van der Waals surface area contributed by atoms with Crippen LogP contribution < -0.4 is 4.80 Å². The second-order valence-electron chi connectivity index (χ2n) is 4.89. The highest BCUT2D eigenvalue weighted by atomic mass is 35.5. The minimum atomic E-state index is -0.122. The van der Waals surface area contributed by atoms with E-state index in [1.54, 1.807) is 0 Å². The van der Waals surface area contributed by atoms with Crippen LogP contribution in [0.5, 0.6) is 0 Å². The molecular formula is C15H15ClN2OS. The number of halogens is 1. The third-order valence-electron chi connectivity index (χ3n) is 2.70. The molecule has 0 unspecified atom stereocenters. The maximum atomic E-state index is 11.9. The molecule has 0 N–H and O–H groups in total. The summed E-state index contributed by atoms with van der Waals surface area (Å²) in [5.41, 5.74) is 0.952. The second kappa shape index (κ2) is 6.25. The van der Waals surface area contributed by atoms with E-state index in [9.17, 15) is 4.79 Å². The van der Waals surface area contributed by atoms with Crippen molar-refractivity contribution in [3.05, 3.63) is 28.0 Å². The number of aromatic nitrogens is 1. The lowest BCUT2D eigenvalue weighted by molar-refractivity contribution is -0.118. The smallest absolute Gasteiger partial charge is 0.248 e. The monoisotopic (exact) mass is 306 g/mol. The van der Waals surface area contributed by atoms with Crippen LogP contribution in [0.3, 0.4) is 0 Å². The van der Waals surface area contributed by atoms with Gasteiger partial charge in [-0.2, -0.15) is 4.99 Å². The molecule has 0 aliphatic carbocycles. The number of fused-ring (bicyclic) bond motifs is 1. The summed E-state index contributed by atoms with van der Waals surface area (Å²) in [5.74, 6) is 2.76. The highest BCUT2D eigenvalue weighted by Crippen LogP contribution is 2.21. The quantitative estimate of drug-likeness (QED) is 0.800. The summed E-state index contributed by atoms with van der Waals surface area (Å²) in [6.07, 6.45) is 5.84. The molecule has 1 aromatic heterocycles. The number of benzene rings is 1. The van der Waals surface area contributed by atoms with E-state index in [2.05, 4.69) is 10.9 Å². The van der Waals surface area contributed by atoms with E-state index >= 15 is 0 Å². The topological polar surface area (TPSA) is 34.4 Å². The second-order valence-corrected chi connectivity index (χ2v) is 6.34. The van der Waals surface area contributed by atoms with Crippen molar-refractivity contribution >= 4 is 39.1 Å². The zero-order valence-electron chi connectivity index (χ0n) is 11.4. The van der Waals surface area contributed by atoms with Gasteiger partial charge in [-0.15, -0.1) is 6.42 Å². The van der Waals surface area contributed by atoms with Crippen LogP contribution in [-0.4, -0.2) is 10.5 Å². The lowest BCUT2D eigenvalue weighted by Gasteiger charge is -2.00. The Balaban J connectivity index is 2.57. The number of carbonyl (C=O) groups excluding carboxylic acids is 1. The summed E-state index contributed by atoms with van der Waals surface area (Å²) >= 11 is 7.42. The Bertz CT molecular complexity index is 749. The molecule has 1 amide bonds. The van der Waals surface area contributed by atoms with Crippen LogP contribution in [0.1, 0.15) is 20.3 Å². The third kappa shape index (κ3) is 3.30. The van der Waals surface area contributed by atoms with Crippen molar-refractivity contribution in [3.63, 3.8) is 0 Å². The standard InChI is InChI=1S/C15H15ClN2OS/c1-4-7-18-12-6-5-11(16)9-13(12)20-15(18)17-14(19)8-10(2)3/h1,5-6,9-10H,7-8H2,2-3H3. The van der Waals surface area contributed by atoms with Gasteiger partial charge in [-0.25, -0.2) is 0 Å². The van der Waals surface area contributed by atoms with Crippen molar-refractivity contribution in [1.29, 1.82) is 0 Å². The maximum Gasteiger partial charge on any atom is 0.248 e. The van der Waals surface area contributed by atoms with Crippen LogP contribution in [0.15, 0.2) is 23.2 Å². The molecule has 0 atom stereocenters. The summed E-state index contributed by atoms with van der Waals surface area (Å²) in [6.45, 7) is 4.37. The fourth-order valence-corrected chi connectivity index (χ4v) is 3.20. The molecule has 0 fully saturated rings. The first-order valence-electron chi connectivity index (χ1n) is 6.31. The lowest BCUT2D eigenvalue weighted by atomic mass is 10.1. The molecule has 2 aromatic rings. The predicted molar refractivity (Wildman–Crippen MR) is 83.7 cm³/mol. The van der Waals surface area contributed by atoms with Gasteiger partial charge in [-0.3, -0.25) is 4.79 Å². The van der Waals surface area contributed by atoms with E-state index in [4.69, 9.17) is 18.0 Å². The number of nitrogens with zero attached hydrogens (tertiary/aromatic N) is 2. The van der Waals surface area contributed by atoms with Gasteiger partial charge in [0.25, 0.3) is 0 Å². The minimum Gasteiger partial charge on any atom is -0.305 e. The number of hydrogen-bond acceptors (Lipinski definition) is 2. The Morgan fingerprint density at radius 3 is 2.95 bits per heavy atom. The third-order valence-corrected chi connectivity index (χ3v) is 3.97. The van der Waals surface area contributed by atoms with Gasteiger partial charge in [0.2, 0.25) is 5.91 Å². The van der Waals surface area contributed by atoms with Crippen molar-refractivity contribution in [2.75, 3.05) is 0 Å². The van der Waals surface area contributed by atoms with E-state index < -0.39 is 0 Å². The SMILES string of the molecule is C#CCn1c(=NC(=O)CC(C)C)sc2cc(Cl)ccc21. The molecular weight excluding hydrogens is 292 g/mol. The number of rotatable bonds is 3. The molecule has 0 saturated heterocycles. The van der Waals surface area contributed by atoms with E-state index in [0.29, 0.717) is 22.8 Å². The molecule has 0 saturated carbocycles. The molecule has 0 bridgehead atoms. The van der Waals surface area contributed by atoms with Crippen molar-refractivity contribution in [1.82, 2.24) is 4.57 Å². The van der Waals surface area contributed by atoms with Gasteiger partial charge in [-0.1, -0.05) is 42.7 Å². The summed E-state index contributed by atoms with van der Waals surface area (Å²) in [4.78, 5) is 16.7. The van der Waals surface area contributed by atoms with Crippen LogP contribution >= 0.6 is 22.9 Å². The van der Waals surface area contributed by atoms with Gasteiger partial charge < -0.3 is 4.57 Å². The summed E-state index contributed by atoms with van der Waals surface area (Å²) in [7, 11) is 0. The molecule has 1 aromatic carbocycles. The van der Waals surface area contributed by atoms with Crippen LogP contribution in [0.4, 0.5) is 0 Å². The average molecular weight is 307 g/mol. The summed E-state index contributed by atoms with van der Waals surface area (Å²) in [5, 5.41) is 0.659. The Morgan fingerprint density at radius 1 is 1.55 bits per heavy atom. The van der Waals surface area contributed by atoms with Crippen LogP contribution in [0, 0.1) is 18.3 Å². The average Bonchev–Trinajstić information content (AvgIpc) is 2.66. The molecule has 2 rings (SSSR count). The molecule has 0 radical (unpaired) electrons. The Morgan fingerprint density at radius 2 is 2.30 bits per heavy atom. The van der Waals surface area contributed by atoms with Crippen LogP contribution in [-0.2, 0) is 11.3 Å². The zero-order valence-corrected chi connectivity index (χ0v) is 13.0. The van der Waals surface area contributed by atoms with E-state index in [1.807, 2.05) is 36.6 Å². The van der Waals surface area contributed by atoms with Gasteiger partial charge in [0, 0.05) is 11.4 Å². The first-order valence-corrected chi connectivity index (χ1v) is 7.50. The normalized spacial score (nSPS) is 12.1. The maximum absolute atomic E-state index is 11.9. The molecule has 0 aliphatic heterocycles. The molecule has 0 spiro atoms. The fourth-order valence-electron chi connectivity index (χ4n) is 1.88. The Labute approximate surface area is 126 Å². The van der Waals surface area contributed by atoms with Gasteiger partial charge in [0.15, 0.2) is 4.80 Å². The van der Waals surface area contributed by atoms with E-state index in [0.717, 1.165) is 10.2 Å². The molecule has 1 heterocycles. The first kappa shape index (κ1) is 14.8. The first-order chi connectivity index (χ1) is 9.51. The zero-order chi connectivity index (χ0) is 14.7. The van der Waals surface area contributed by atoms with E-state index in [-0.39, 0.29) is 11.8 Å². The van der Waals surface area contributed by atoms with Gasteiger partial charge in [0.05, 0.1) is 16.8 Å². The van der Waals surface area contributed by atoms with Crippen molar-refractivity contribution < 1.29 is 4.79 Å². The number of hydrogen-bond donors (Lipinski definition) is 0. The summed E-state index contributed by atoms with van der Waals surface area (Å²) < 4.78 is 2.85. The largest absolute Gasteiger partial charge is 0.305 e. The van der Waals surface area contributed by atoms with Crippen LogP contribution in [0.2, 0.25) is 5.02 Å². The summed E-state index contributed by atoms with van der Waals surface area (Å²) in [6, 6.07) is 5.57. The van der Waals surface area contributed by atoms with Crippen molar-refractivity contribution in [2.24, 2.45) is 10.9 Å². The fraction of sp³-hybridized carbons (Fsp3) is 0.333. The molecule has 3 nitrogen and oxygen atoms in total. The number of thiazole rings is 1. The molecule has 0 aliphatic rings. The van der Waals surface area contributed by atoms with Crippen molar-refractivity contribution in [3.8, 4) is 12.3 Å². The highest BCUT2D eigenvalue weighted by molar-refractivity contribution is 7.16. The van der Waals surface area contributed by atoms with Gasteiger partial charge >= 0.3 is 0 Å². The molecule has 104 valence electrons. The van der Waals surface area contributed by atoms with E-state index in [1.165, 1.54) is 11.3 Å². The predicted octanol–water partition coefficient (Wildman–Crippen LogP) is 3.46. The van der Waals surface area contributed by atoms with Gasteiger partial charge in [-0.05, 0) is 24.1 Å². The minimum absolute atomic E-state index is 0.122. The van der Waals surface area contributed by atoms with Crippen molar-refractivity contribution in [2.45, 2.75) is 26.8 Å². The number of amides is 1. The Hall–Kier alpha value is -1.57. The van der Waals surface area contributed by atoms with Crippen LogP contribution in [0.25, 0.3) is 10.2 Å². The Kier molecular flexibility index (Phi) is 4.64.